The van der Waals surface area contributed by atoms with E-state index in [0.29, 0.717) is 25.0 Å². The van der Waals surface area contributed by atoms with Crippen LogP contribution in [-0.2, 0) is 10.9 Å². The summed E-state index contributed by atoms with van der Waals surface area (Å²) in [4.78, 5) is 4.19. The van der Waals surface area contributed by atoms with E-state index in [-0.39, 0.29) is 23.8 Å². The zero-order valence-electron chi connectivity index (χ0n) is 13.1. The molecule has 134 valence electrons. The lowest BCUT2D eigenvalue weighted by molar-refractivity contribution is -0.137. The minimum absolute atomic E-state index is 0.0981. The second-order valence-electron chi connectivity index (χ2n) is 5.86. The Hall–Kier alpha value is -2.46. The van der Waals surface area contributed by atoms with Gasteiger partial charge in [0, 0.05) is 5.56 Å². The molecular formula is C15H15F3N4O3. The Labute approximate surface area is 140 Å². The molecule has 0 saturated carbocycles. The van der Waals surface area contributed by atoms with E-state index >= 15 is 0 Å². The first-order chi connectivity index (χ1) is 11.7. The van der Waals surface area contributed by atoms with Gasteiger partial charge < -0.3 is 20.3 Å². The van der Waals surface area contributed by atoms with Crippen LogP contribution in [0.4, 0.5) is 19.1 Å². The van der Waals surface area contributed by atoms with E-state index in [2.05, 4.69) is 20.5 Å². The lowest BCUT2D eigenvalue weighted by Crippen LogP contribution is -2.59. The van der Waals surface area contributed by atoms with Crippen molar-refractivity contribution in [2.75, 3.05) is 25.1 Å². The van der Waals surface area contributed by atoms with E-state index in [0.717, 1.165) is 12.1 Å². The minimum atomic E-state index is -4.55. The zero-order valence-corrected chi connectivity index (χ0v) is 13.1. The van der Waals surface area contributed by atoms with Gasteiger partial charge in [0.25, 0.3) is 0 Å². The minimum Gasteiger partial charge on any atom is -0.507 e. The molecule has 0 atom stereocenters. The first-order valence-corrected chi connectivity index (χ1v) is 7.33. The molecule has 25 heavy (non-hydrogen) atoms. The third-order valence-electron chi connectivity index (χ3n) is 3.88. The van der Waals surface area contributed by atoms with Crippen molar-refractivity contribution in [1.82, 2.24) is 15.2 Å². The van der Waals surface area contributed by atoms with Gasteiger partial charge >= 0.3 is 6.18 Å². The van der Waals surface area contributed by atoms with Crippen LogP contribution >= 0.6 is 0 Å². The zero-order chi connectivity index (χ0) is 18.2. The van der Waals surface area contributed by atoms with Gasteiger partial charge in [-0.05, 0) is 25.1 Å². The summed E-state index contributed by atoms with van der Waals surface area (Å²) in [6, 6.07) is 2.61. The van der Waals surface area contributed by atoms with Crippen molar-refractivity contribution in [1.29, 1.82) is 0 Å². The standard InChI is InChI=1S/C15H15F3N4O3/c1-8-12(10-3-2-9(4-11(10)24)15(16,17)18)21-22-13(19-8)20-14(5-23)6-25-7-14/h2-4,23-24H,5-7H2,1H3,(H,19,20,22). The number of aromatic hydroxyl groups is 1. The van der Waals surface area contributed by atoms with Crippen LogP contribution in [0, 0.1) is 6.92 Å². The van der Waals surface area contributed by atoms with Crippen molar-refractivity contribution >= 4 is 5.95 Å². The number of aromatic nitrogens is 3. The number of alkyl halides is 3. The lowest BCUT2D eigenvalue weighted by atomic mass is 9.99. The molecule has 1 fully saturated rings. The van der Waals surface area contributed by atoms with Gasteiger partial charge in [-0.25, -0.2) is 4.98 Å². The number of phenolic OH excluding ortho intramolecular Hbond substituents is 1. The summed E-state index contributed by atoms with van der Waals surface area (Å²) in [5.74, 6) is -0.404. The van der Waals surface area contributed by atoms with Gasteiger partial charge in [0.2, 0.25) is 5.95 Å². The summed E-state index contributed by atoms with van der Waals surface area (Å²) in [7, 11) is 0. The molecule has 2 aromatic rings. The number of nitrogens with zero attached hydrogens (tertiary/aromatic N) is 3. The summed E-state index contributed by atoms with van der Waals surface area (Å²) < 4.78 is 43.1. The fraction of sp³-hybridized carbons (Fsp3) is 0.400. The molecule has 0 spiro atoms. The van der Waals surface area contributed by atoms with Crippen molar-refractivity contribution in [3.05, 3.63) is 29.5 Å². The highest BCUT2D eigenvalue weighted by atomic mass is 19.4. The predicted molar refractivity (Wildman–Crippen MR) is 80.9 cm³/mol. The SMILES string of the molecule is Cc1nc(NC2(CO)COC2)nnc1-c1ccc(C(F)(F)F)cc1O. The largest absolute Gasteiger partial charge is 0.507 e. The predicted octanol–water partition coefficient (Wildman–Crippen LogP) is 1.74. The maximum atomic E-state index is 12.7. The van der Waals surface area contributed by atoms with Crippen molar-refractivity contribution in [3.63, 3.8) is 0 Å². The van der Waals surface area contributed by atoms with Crippen LogP contribution in [0.1, 0.15) is 11.3 Å². The van der Waals surface area contributed by atoms with Crippen LogP contribution in [0.3, 0.4) is 0 Å². The van der Waals surface area contributed by atoms with E-state index in [4.69, 9.17) is 4.74 Å². The summed E-state index contributed by atoms with van der Waals surface area (Å²) in [6.07, 6.45) is -4.55. The van der Waals surface area contributed by atoms with E-state index < -0.39 is 23.0 Å². The summed E-state index contributed by atoms with van der Waals surface area (Å²) >= 11 is 0. The quantitative estimate of drug-likeness (QED) is 0.767. The first-order valence-electron chi connectivity index (χ1n) is 7.33. The number of anilines is 1. The van der Waals surface area contributed by atoms with Gasteiger partial charge in [0.15, 0.2) is 0 Å². The maximum Gasteiger partial charge on any atom is 0.416 e. The third-order valence-corrected chi connectivity index (χ3v) is 3.88. The molecule has 1 aromatic heterocycles. The van der Waals surface area contributed by atoms with Crippen molar-refractivity contribution in [2.24, 2.45) is 0 Å². The Morgan fingerprint density at radius 3 is 2.48 bits per heavy atom. The fourth-order valence-electron chi connectivity index (χ4n) is 2.40. The van der Waals surface area contributed by atoms with Gasteiger partial charge in [0.05, 0.1) is 31.1 Å². The van der Waals surface area contributed by atoms with E-state index in [1.165, 1.54) is 0 Å². The molecule has 1 saturated heterocycles. The van der Waals surface area contributed by atoms with Gasteiger partial charge in [-0.1, -0.05) is 0 Å². The molecule has 1 aromatic carbocycles. The number of hydrogen-bond acceptors (Lipinski definition) is 7. The molecule has 0 bridgehead atoms. The van der Waals surface area contributed by atoms with Gasteiger partial charge in [-0.2, -0.15) is 13.2 Å². The lowest BCUT2D eigenvalue weighted by Gasteiger charge is -2.40. The highest BCUT2D eigenvalue weighted by molar-refractivity contribution is 5.69. The number of halogens is 3. The normalized spacial score (nSPS) is 16.4. The number of aliphatic hydroxyl groups excluding tert-OH is 1. The number of benzene rings is 1. The van der Waals surface area contributed by atoms with Crippen LogP contribution in [0.15, 0.2) is 18.2 Å². The fourth-order valence-corrected chi connectivity index (χ4v) is 2.40. The Bertz CT molecular complexity index is 789. The van der Waals surface area contributed by atoms with E-state index in [1.54, 1.807) is 6.92 Å². The van der Waals surface area contributed by atoms with Gasteiger partial charge in [0.1, 0.15) is 17.0 Å². The molecule has 1 aliphatic heterocycles. The number of aryl methyl sites for hydroxylation is 1. The van der Waals surface area contributed by atoms with E-state index in [9.17, 15) is 23.4 Å². The smallest absolute Gasteiger partial charge is 0.416 e. The van der Waals surface area contributed by atoms with Crippen molar-refractivity contribution < 1.29 is 28.1 Å². The van der Waals surface area contributed by atoms with Crippen LogP contribution in [0.5, 0.6) is 5.75 Å². The molecule has 1 aliphatic rings. The number of hydrogen-bond donors (Lipinski definition) is 3. The summed E-state index contributed by atoms with van der Waals surface area (Å²) in [5, 5.41) is 30.0. The van der Waals surface area contributed by atoms with Crippen LogP contribution in [0.25, 0.3) is 11.3 Å². The Kier molecular flexibility index (Phi) is 4.25. The maximum absolute atomic E-state index is 12.7. The first kappa shape index (κ1) is 17.4. The second-order valence-corrected chi connectivity index (χ2v) is 5.86. The number of phenols is 1. The summed E-state index contributed by atoms with van der Waals surface area (Å²) in [6.45, 7) is 2.02. The Morgan fingerprint density at radius 1 is 1.28 bits per heavy atom. The molecule has 0 radical (unpaired) electrons. The average molecular weight is 356 g/mol. The molecule has 3 rings (SSSR count). The van der Waals surface area contributed by atoms with Crippen LogP contribution in [-0.4, -0.2) is 50.8 Å². The van der Waals surface area contributed by atoms with Gasteiger partial charge in [-0.15, -0.1) is 10.2 Å². The molecule has 7 nitrogen and oxygen atoms in total. The van der Waals surface area contributed by atoms with Gasteiger partial charge in [-0.3, -0.25) is 0 Å². The summed E-state index contributed by atoms with van der Waals surface area (Å²) in [5.41, 5.74) is -0.992. The van der Waals surface area contributed by atoms with Crippen molar-refractivity contribution in [2.45, 2.75) is 18.6 Å². The van der Waals surface area contributed by atoms with Crippen molar-refractivity contribution in [3.8, 4) is 17.0 Å². The monoisotopic (exact) mass is 356 g/mol. The molecule has 3 N–H and O–H groups in total. The molecule has 0 aliphatic carbocycles. The highest BCUT2D eigenvalue weighted by Crippen LogP contribution is 2.36. The number of ether oxygens (including phenoxy) is 1. The molecule has 0 unspecified atom stereocenters. The molecular weight excluding hydrogens is 341 g/mol. The number of aliphatic hydroxyl groups is 1. The van der Waals surface area contributed by atoms with E-state index in [1.807, 2.05) is 0 Å². The number of nitrogens with one attached hydrogen (secondary N) is 1. The molecule has 10 heteroatoms. The topological polar surface area (TPSA) is 100 Å². The average Bonchev–Trinajstić information content (AvgIpc) is 2.51. The molecule has 0 amide bonds. The molecule has 2 heterocycles. The second kappa shape index (κ2) is 6.12. The van der Waals surface area contributed by atoms with Crippen LogP contribution in [0.2, 0.25) is 0 Å². The highest BCUT2D eigenvalue weighted by Gasteiger charge is 2.39. The Balaban J connectivity index is 1.88. The Morgan fingerprint density at radius 2 is 2.00 bits per heavy atom. The third kappa shape index (κ3) is 3.35. The number of rotatable bonds is 4. The van der Waals surface area contributed by atoms with Crippen LogP contribution < -0.4 is 5.32 Å².